The molecular formula is C14H33IN4O. The van der Waals surface area contributed by atoms with Crippen molar-refractivity contribution in [3.63, 3.8) is 0 Å². The second kappa shape index (κ2) is 15.3. The van der Waals surface area contributed by atoms with Gasteiger partial charge >= 0.3 is 0 Å². The molecule has 0 fully saturated rings. The molecule has 5 nitrogen and oxygen atoms in total. The average Bonchev–Trinajstić information content (AvgIpc) is 2.39. The van der Waals surface area contributed by atoms with Gasteiger partial charge in [-0.15, -0.1) is 24.0 Å². The van der Waals surface area contributed by atoms with Gasteiger partial charge in [0.1, 0.15) is 0 Å². The van der Waals surface area contributed by atoms with Crippen LogP contribution in [0.5, 0.6) is 0 Å². The highest BCUT2D eigenvalue weighted by Gasteiger charge is 1.98. The lowest BCUT2D eigenvalue weighted by Crippen LogP contribution is -2.41. The summed E-state index contributed by atoms with van der Waals surface area (Å²) < 4.78 is 5.53. The molecule has 0 aliphatic rings. The fourth-order valence-electron chi connectivity index (χ4n) is 1.44. The minimum atomic E-state index is 0. The van der Waals surface area contributed by atoms with Crippen LogP contribution in [0.1, 0.15) is 27.2 Å². The molecule has 0 aliphatic carbocycles. The largest absolute Gasteiger partial charge is 0.381 e. The first-order chi connectivity index (χ1) is 9.10. The lowest BCUT2D eigenvalue weighted by Gasteiger charge is -2.16. The van der Waals surface area contributed by atoms with Crippen LogP contribution in [0.15, 0.2) is 4.99 Å². The summed E-state index contributed by atoms with van der Waals surface area (Å²) in [6.07, 6.45) is 1.00. The minimum Gasteiger partial charge on any atom is -0.381 e. The van der Waals surface area contributed by atoms with E-state index < -0.39 is 0 Å². The Labute approximate surface area is 141 Å². The number of ether oxygens (including phenoxy) is 1. The molecule has 0 aromatic carbocycles. The maximum atomic E-state index is 5.53. The van der Waals surface area contributed by atoms with Crippen LogP contribution < -0.4 is 10.6 Å². The number of guanidine groups is 1. The van der Waals surface area contributed by atoms with E-state index in [-0.39, 0.29) is 24.0 Å². The third-order valence-corrected chi connectivity index (χ3v) is 2.76. The zero-order chi connectivity index (χ0) is 14.5. The molecule has 0 heterocycles. The molecule has 20 heavy (non-hydrogen) atoms. The summed E-state index contributed by atoms with van der Waals surface area (Å²) in [5, 5.41) is 6.59. The quantitative estimate of drug-likeness (QED) is 0.254. The van der Waals surface area contributed by atoms with E-state index in [4.69, 9.17) is 4.74 Å². The topological polar surface area (TPSA) is 48.9 Å². The Balaban J connectivity index is 0. The van der Waals surface area contributed by atoms with Crippen LogP contribution in [-0.4, -0.2) is 64.3 Å². The van der Waals surface area contributed by atoms with Gasteiger partial charge in [0, 0.05) is 39.9 Å². The first-order valence-electron chi connectivity index (χ1n) is 7.31. The molecule has 6 heteroatoms. The lowest BCUT2D eigenvalue weighted by atomic mass is 10.2. The van der Waals surface area contributed by atoms with E-state index >= 15 is 0 Å². The van der Waals surface area contributed by atoms with Crippen molar-refractivity contribution in [2.24, 2.45) is 10.9 Å². The van der Waals surface area contributed by atoms with E-state index in [1.165, 1.54) is 0 Å². The van der Waals surface area contributed by atoms with Crippen molar-refractivity contribution in [1.82, 2.24) is 15.5 Å². The summed E-state index contributed by atoms with van der Waals surface area (Å²) in [6.45, 7) is 12.0. The van der Waals surface area contributed by atoms with Crippen LogP contribution in [0.2, 0.25) is 0 Å². The SMILES string of the molecule is CCN(C)CCNC(=NC)NCCCOCC(C)C.I. The molecule has 0 saturated carbocycles. The number of hydrogen-bond donors (Lipinski definition) is 2. The van der Waals surface area contributed by atoms with Crippen molar-refractivity contribution >= 4 is 29.9 Å². The number of rotatable bonds is 10. The Morgan fingerprint density at radius 1 is 1.25 bits per heavy atom. The summed E-state index contributed by atoms with van der Waals surface area (Å²) in [7, 11) is 3.91. The van der Waals surface area contributed by atoms with E-state index in [0.29, 0.717) is 5.92 Å². The van der Waals surface area contributed by atoms with Gasteiger partial charge < -0.3 is 20.3 Å². The van der Waals surface area contributed by atoms with Crippen molar-refractivity contribution in [1.29, 1.82) is 0 Å². The summed E-state index contributed by atoms with van der Waals surface area (Å²) in [5.74, 6) is 1.48. The standard InChI is InChI=1S/C14H32N4O.HI/c1-6-18(5)10-9-17-14(15-4)16-8-7-11-19-12-13(2)3;/h13H,6-12H2,1-5H3,(H2,15,16,17);1H. The van der Waals surface area contributed by atoms with Gasteiger partial charge in [-0.25, -0.2) is 0 Å². The summed E-state index contributed by atoms with van der Waals surface area (Å²) in [6, 6.07) is 0. The summed E-state index contributed by atoms with van der Waals surface area (Å²) in [4.78, 5) is 6.46. The highest BCUT2D eigenvalue weighted by Crippen LogP contribution is 1.92. The molecule has 0 aliphatic heterocycles. The molecule has 122 valence electrons. The maximum Gasteiger partial charge on any atom is 0.191 e. The molecule has 0 spiro atoms. The Bertz CT molecular complexity index is 237. The summed E-state index contributed by atoms with van der Waals surface area (Å²) in [5.41, 5.74) is 0. The number of aliphatic imine (C=N–C) groups is 1. The van der Waals surface area contributed by atoms with Crippen molar-refractivity contribution in [3.05, 3.63) is 0 Å². The minimum absolute atomic E-state index is 0. The number of nitrogens with one attached hydrogen (secondary N) is 2. The van der Waals surface area contributed by atoms with Crippen LogP contribution in [0.25, 0.3) is 0 Å². The molecule has 0 atom stereocenters. The highest BCUT2D eigenvalue weighted by atomic mass is 127. The molecule has 2 N–H and O–H groups in total. The molecule has 0 aromatic heterocycles. The fourth-order valence-corrected chi connectivity index (χ4v) is 1.44. The molecule has 0 bridgehead atoms. The third-order valence-electron chi connectivity index (χ3n) is 2.76. The monoisotopic (exact) mass is 400 g/mol. The van der Waals surface area contributed by atoms with E-state index in [0.717, 1.165) is 51.8 Å². The number of hydrogen-bond acceptors (Lipinski definition) is 3. The van der Waals surface area contributed by atoms with E-state index in [1.807, 2.05) is 0 Å². The van der Waals surface area contributed by atoms with Gasteiger partial charge in [0.15, 0.2) is 5.96 Å². The Morgan fingerprint density at radius 3 is 2.45 bits per heavy atom. The average molecular weight is 400 g/mol. The first kappa shape index (κ1) is 22.2. The molecule has 0 unspecified atom stereocenters. The van der Waals surface area contributed by atoms with Gasteiger partial charge in [-0.05, 0) is 25.9 Å². The van der Waals surface area contributed by atoms with Crippen molar-refractivity contribution in [3.8, 4) is 0 Å². The van der Waals surface area contributed by atoms with Gasteiger partial charge in [0.25, 0.3) is 0 Å². The molecule has 0 aromatic rings. The van der Waals surface area contributed by atoms with E-state index in [2.05, 4.69) is 48.3 Å². The number of halogens is 1. The van der Waals surface area contributed by atoms with Crippen molar-refractivity contribution < 1.29 is 4.74 Å². The molecule has 0 radical (unpaired) electrons. The van der Waals surface area contributed by atoms with Gasteiger partial charge in [0.2, 0.25) is 0 Å². The third kappa shape index (κ3) is 14.3. The Hall–Kier alpha value is -0.0800. The lowest BCUT2D eigenvalue weighted by molar-refractivity contribution is 0.108. The smallest absolute Gasteiger partial charge is 0.191 e. The van der Waals surface area contributed by atoms with Crippen molar-refractivity contribution in [2.75, 3.05) is 53.5 Å². The van der Waals surface area contributed by atoms with Crippen LogP contribution in [-0.2, 0) is 4.74 Å². The zero-order valence-electron chi connectivity index (χ0n) is 13.7. The van der Waals surface area contributed by atoms with Gasteiger partial charge in [-0.3, -0.25) is 4.99 Å². The summed E-state index contributed by atoms with van der Waals surface area (Å²) >= 11 is 0. The molecule has 0 rings (SSSR count). The van der Waals surface area contributed by atoms with Gasteiger partial charge in [-0.1, -0.05) is 20.8 Å². The van der Waals surface area contributed by atoms with Crippen LogP contribution in [0.3, 0.4) is 0 Å². The Morgan fingerprint density at radius 2 is 1.90 bits per heavy atom. The predicted molar refractivity (Wildman–Crippen MR) is 98.2 cm³/mol. The van der Waals surface area contributed by atoms with Gasteiger partial charge in [-0.2, -0.15) is 0 Å². The molecule has 0 amide bonds. The molecule has 0 saturated heterocycles. The van der Waals surface area contributed by atoms with Gasteiger partial charge in [0.05, 0.1) is 0 Å². The fraction of sp³-hybridized carbons (Fsp3) is 0.929. The predicted octanol–water partition coefficient (Wildman–Crippen LogP) is 1.78. The Kier molecular flexibility index (Phi) is 17.0. The normalized spacial score (nSPS) is 11.7. The van der Waals surface area contributed by atoms with Crippen molar-refractivity contribution in [2.45, 2.75) is 27.2 Å². The highest BCUT2D eigenvalue weighted by molar-refractivity contribution is 14.0. The maximum absolute atomic E-state index is 5.53. The number of nitrogens with zero attached hydrogens (tertiary/aromatic N) is 2. The molecular weight excluding hydrogens is 367 g/mol. The van der Waals surface area contributed by atoms with Crippen LogP contribution in [0, 0.1) is 5.92 Å². The van der Waals surface area contributed by atoms with E-state index in [9.17, 15) is 0 Å². The second-order valence-electron chi connectivity index (χ2n) is 5.14. The van der Waals surface area contributed by atoms with Crippen LogP contribution >= 0.6 is 24.0 Å². The first-order valence-corrected chi connectivity index (χ1v) is 7.31. The zero-order valence-corrected chi connectivity index (χ0v) is 16.1. The second-order valence-corrected chi connectivity index (χ2v) is 5.14. The van der Waals surface area contributed by atoms with Crippen LogP contribution in [0.4, 0.5) is 0 Å². The van der Waals surface area contributed by atoms with E-state index in [1.54, 1.807) is 7.05 Å². The number of likely N-dealkylation sites (N-methyl/N-ethyl adjacent to an activating group) is 1.